The lowest BCUT2D eigenvalue weighted by atomic mass is 10.0. The molecule has 0 bridgehead atoms. The quantitative estimate of drug-likeness (QED) is 0.593. The first kappa shape index (κ1) is 21.2. The van der Waals surface area contributed by atoms with Gasteiger partial charge >= 0.3 is 6.03 Å². The van der Waals surface area contributed by atoms with Crippen molar-refractivity contribution in [3.63, 3.8) is 0 Å². The Balaban J connectivity index is 2.42. The predicted octanol–water partition coefficient (Wildman–Crippen LogP) is 4.08. The van der Waals surface area contributed by atoms with Crippen LogP contribution in [0, 0.1) is 0 Å². The number of amides is 2. The van der Waals surface area contributed by atoms with E-state index in [0.717, 1.165) is 12.8 Å². The molecule has 0 aromatic carbocycles. The molecule has 0 saturated heterocycles. The highest BCUT2D eigenvalue weighted by molar-refractivity contribution is 6.74. The molecular weight excluding hydrogens is 344 g/mol. The van der Waals surface area contributed by atoms with Crippen LogP contribution in [-0.2, 0) is 9.16 Å². The Labute approximate surface area is 159 Å². The maximum absolute atomic E-state index is 12.8. The second-order valence-corrected chi connectivity index (χ2v) is 13.7. The van der Waals surface area contributed by atoms with E-state index >= 15 is 0 Å². The summed E-state index contributed by atoms with van der Waals surface area (Å²) in [5.74, 6) is 0. The normalized spacial score (nSPS) is 29.5. The van der Waals surface area contributed by atoms with Gasteiger partial charge in [-0.15, -0.1) is 0 Å². The van der Waals surface area contributed by atoms with Gasteiger partial charge in [0.05, 0.1) is 12.1 Å². The van der Waals surface area contributed by atoms with Crippen molar-refractivity contribution in [2.24, 2.45) is 0 Å². The van der Waals surface area contributed by atoms with Gasteiger partial charge in [0.15, 0.2) is 8.32 Å². The molecule has 2 amide bonds. The van der Waals surface area contributed by atoms with E-state index in [0.29, 0.717) is 13.1 Å². The average molecular weight is 381 g/mol. The lowest BCUT2D eigenvalue weighted by Crippen LogP contribution is -2.56. The van der Waals surface area contributed by atoms with E-state index in [1.807, 2.05) is 4.90 Å². The maximum atomic E-state index is 12.8. The second kappa shape index (κ2) is 8.27. The molecule has 6 heteroatoms. The van der Waals surface area contributed by atoms with Crippen molar-refractivity contribution in [3.8, 4) is 0 Å². The number of carbonyl (C=O) groups excluding carboxylic acids is 1. The molecular formula is C20H36N2O3Si. The van der Waals surface area contributed by atoms with Crippen LogP contribution in [0.5, 0.6) is 0 Å². The number of rotatable bonds is 3. The molecule has 148 valence electrons. The van der Waals surface area contributed by atoms with Crippen LogP contribution in [0.25, 0.3) is 0 Å². The smallest absolute Gasteiger partial charge is 0.318 e. The molecule has 0 saturated carbocycles. The summed E-state index contributed by atoms with van der Waals surface area (Å²) in [6.45, 7) is 14.6. The molecule has 0 unspecified atom stereocenters. The van der Waals surface area contributed by atoms with Crippen molar-refractivity contribution >= 4 is 14.3 Å². The molecule has 5 nitrogen and oxygen atoms in total. The van der Waals surface area contributed by atoms with Crippen LogP contribution >= 0.6 is 0 Å². The Morgan fingerprint density at radius 1 is 1.31 bits per heavy atom. The van der Waals surface area contributed by atoms with Crippen molar-refractivity contribution in [1.82, 2.24) is 10.2 Å². The lowest BCUT2D eigenvalue weighted by Gasteiger charge is -2.43. The van der Waals surface area contributed by atoms with E-state index < -0.39 is 8.32 Å². The number of urea groups is 1. The van der Waals surface area contributed by atoms with Crippen LogP contribution in [0.4, 0.5) is 4.79 Å². The number of nitrogens with zero attached hydrogens (tertiary/aromatic N) is 1. The van der Waals surface area contributed by atoms with Gasteiger partial charge in [-0.05, 0) is 37.9 Å². The second-order valence-electron chi connectivity index (χ2n) is 8.98. The van der Waals surface area contributed by atoms with Crippen LogP contribution in [-0.4, -0.2) is 57.7 Å². The molecule has 2 heterocycles. The first-order chi connectivity index (χ1) is 12.1. The largest absolute Gasteiger partial charge is 0.408 e. The Bertz CT molecular complexity index is 566. The summed E-state index contributed by atoms with van der Waals surface area (Å²) in [7, 11) is -0.307. The first-order valence-electron chi connectivity index (χ1n) is 9.66. The van der Waals surface area contributed by atoms with E-state index in [4.69, 9.17) is 9.16 Å². The fraction of sp³-hybridized carbons (Fsp3) is 0.750. The third kappa shape index (κ3) is 4.78. The van der Waals surface area contributed by atoms with Gasteiger partial charge in [0.1, 0.15) is 6.10 Å². The summed E-state index contributed by atoms with van der Waals surface area (Å²) >= 11 is 0. The standard InChI is InChI=1S/C20H36N2O3Si/c1-15-13-16-18(25-26(6,7)20(2,3)4)17(24-5)11-9-8-10-12-21-19(23)22(16)14-15/h9,11,13,16-18H,8,10,12,14H2,1-7H3,(H,21,23)/b11-9+/t16-,17+,18+/m1/s1. The number of allylic oxidation sites excluding steroid dienone is 1. The molecule has 0 spiro atoms. The molecule has 0 aliphatic carbocycles. The van der Waals surface area contributed by atoms with Gasteiger partial charge in [-0.2, -0.15) is 0 Å². The highest BCUT2D eigenvalue weighted by Gasteiger charge is 2.45. The summed E-state index contributed by atoms with van der Waals surface area (Å²) < 4.78 is 12.7. The molecule has 0 aromatic heterocycles. The maximum Gasteiger partial charge on any atom is 0.318 e. The number of hydrogen-bond donors (Lipinski definition) is 1. The summed E-state index contributed by atoms with van der Waals surface area (Å²) in [5, 5.41) is 3.14. The zero-order chi connectivity index (χ0) is 19.5. The lowest BCUT2D eigenvalue weighted by molar-refractivity contribution is -0.00335. The topological polar surface area (TPSA) is 50.8 Å². The number of methoxy groups -OCH3 is 1. The third-order valence-corrected chi connectivity index (χ3v) is 10.3. The van der Waals surface area contributed by atoms with Gasteiger partial charge in [-0.3, -0.25) is 0 Å². The average Bonchev–Trinajstić information content (AvgIpc) is 2.91. The van der Waals surface area contributed by atoms with Gasteiger partial charge in [0, 0.05) is 20.2 Å². The van der Waals surface area contributed by atoms with Crippen LogP contribution in [0.15, 0.2) is 23.8 Å². The van der Waals surface area contributed by atoms with Crippen LogP contribution in [0.2, 0.25) is 18.1 Å². The Hall–Kier alpha value is -1.11. The van der Waals surface area contributed by atoms with Crippen LogP contribution in [0.1, 0.15) is 40.5 Å². The highest BCUT2D eigenvalue weighted by Crippen LogP contribution is 2.39. The van der Waals surface area contributed by atoms with Crippen molar-refractivity contribution in [1.29, 1.82) is 0 Å². The van der Waals surface area contributed by atoms with Crippen molar-refractivity contribution in [3.05, 3.63) is 23.8 Å². The third-order valence-electron chi connectivity index (χ3n) is 5.81. The van der Waals surface area contributed by atoms with Gasteiger partial charge in [0.25, 0.3) is 0 Å². The monoisotopic (exact) mass is 380 g/mol. The highest BCUT2D eigenvalue weighted by atomic mass is 28.4. The minimum atomic E-state index is -2.04. The molecule has 0 aromatic rings. The number of carbonyl (C=O) groups is 1. The number of ether oxygens (including phenoxy) is 1. The van der Waals surface area contributed by atoms with E-state index in [1.165, 1.54) is 5.57 Å². The Kier molecular flexibility index (Phi) is 6.74. The molecule has 2 aliphatic rings. The van der Waals surface area contributed by atoms with Gasteiger partial charge in [-0.25, -0.2) is 4.79 Å². The van der Waals surface area contributed by atoms with Gasteiger partial charge in [-0.1, -0.05) is 44.6 Å². The van der Waals surface area contributed by atoms with Crippen molar-refractivity contribution in [2.45, 2.75) is 76.9 Å². The Morgan fingerprint density at radius 3 is 2.62 bits per heavy atom. The molecule has 2 aliphatic heterocycles. The fourth-order valence-electron chi connectivity index (χ4n) is 3.21. The molecule has 1 N–H and O–H groups in total. The van der Waals surface area contributed by atoms with E-state index in [1.54, 1.807) is 7.11 Å². The zero-order valence-corrected chi connectivity index (χ0v) is 18.5. The van der Waals surface area contributed by atoms with Crippen LogP contribution < -0.4 is 5.32 Å². The summed E-state index contributed by atoms with van der Waals surface area (Å²) in [6, 6.07) is -0.125. The molecule has 3 atom stereocenters. The van der Waals surface area contributed by atoms with E-state index in [2.05, 4.69) is 64.3 Å². The molecule has 0 fully saturated rings. The van der Waals surface area contributed by atoms with Crippen molar-refractivity contribution in [2.75, 3.05) is 20.2 Å². The van der Waals surface area contributed by atoms with E-state index in [-0.39, 0.29) is 29.3 Å². The zero-order valence-electron chi connectivity index (χ0n) is 17.5. The molecule has 26 heavy (non-hydrogen) atoms. The molecule has 2 rings (SSSR count). The summed E-state index contributed by atoms with van der Waals surface area (Å²) in [4.78, 5) is 14.7. The predicted molar refractivity (Wildman–Crippen MR) is 109 cm³/mol. The summed E-state index contributed by atoms with van der Waals surface area (Å²) in [5.41, 5.74) is 1.20. The van der Waals surface area contributed by atoms with Gasteiger partial charge < -0.3 is 19.4 Å². The Morgan fingerprint density at radius 2 is 2.00 bits per heavy atom. The van der Waals surface area contributed by atoms with Crippen LogP contribution in [0.3, 0.4) is 0 Å². The minimum Gasteiger partial charge on any atom is -0.408 e. The first-order valence-corrected chi connectivity index (χ1v) is 12.6. The molecule has 0 radical (unpaired) electrons. The SMILES string of the molecule is CO[C@H]1/C=C/CCCNC(=O)N2CC(C)=C[C@@H]2[C@@H]1O[Si](C)(C)C(C)(C)C. The van der Waals surface area contributed by atoms with Gasteiger partial charge in [0.2, 0.25) is 0 Å². The number of nitrogens with one attached hydrogen (secondary N) is 1. The van der Waals surface area contributed by atoms with Crippen molar-refractivity contribution < 1.29 is 14.0 Å². The summed E-state index contributed by atoms with van der Waals surface area (Å²) in [6.07, 6.45) is 7.92. The van der Waals surface area contributed by atoms with E-state index in [9.17, 15) is 4.79 Å². The fourth-order valence-corrected chi connectivity index (χ4v) is 4.51. The number of hydrogen-bond acceptors (Lipinski definition) is 3. The number of fused-ring (bicyclic) bond motifs is 1. The minimum absolute atomic E-state index is 0.0105.